The van der Waals surface area contributed by atoms with Crippen LogP contribution in [0.2, 0.25) is 0 Å². The van der Waals surface area contributed by atoms with E-state index >= 15 is 0 Å². The van der Waals surface area contributed by atoms with Gasteiger partial charge in [0.1, 0.15) is 3.53 Å². The molecule has 0 aromatic rings. The van der Waals surface area contributed by atoms with Crippen molar-refractivity contribution in [3.63, 3.8) is 0 Å². The molecule has 0 aromatic carbocycles. The topological polar surface area (TPSA) is 0 Å². The number of hydrogen-bond acceptors (Lipinski definition) is 3. The Morgan fingerprint density at radius 2 is 2.00 bits per heavy atom. The fourth-order valence-corrected chi connectivity index (χ4v) is 0. The van der Waals surface area contributed by atoms with Gasteiger partial charge in [-0.05, 0) is 10.8 Å². The normalized spacial score (nSPS) is 7.60. The van der Waals surface area contributed by atoms with Crippen LogP contribution in [-0.2, 0) is 0 Å². The predicted octanol–water partition coefficient (Wildman–Crippen LogP) is 1.78. The van der Waals surface area contributed by atoms with Gasteiger partial charge in [0.2, 0.25) is 0 Å². The van der Waals surface area contributed by atoms with Crippen LogP contribution in [0.1, 0.15) is 0 Å². The summed E-state index contributed by atoms with van der Waals surface area (Å²) in [6.45, 7) is 0. The Kier molecular flexibility index (Phi) is 4.09. The van der Waals surface area contributed by atoms with Gasteiger partial charge in [-0.25, -0.2) is 0 Å². The molecule has 0 spiro atoms. The second kappa shape index (κ2) is 3.33. The Labute approximate surface area is 50.9 Å². The zero-order chi connectivity index (χ0) is 4.28. The predicted molar refractivity (Wildman–Crippen MR) is 38.2 cm³/mol. The highest BCUT2D eigenvalue weighted by atomic mass is 33.1. The van der Waals surface area contributed by atoms with E-state index in [1.54, 1.807) is 0 Å². The van der Waals surface area contributed by atoms with Crippen molar-refractivity contribution in [1.29, 1.82) is 0 Å². The first-order valence-electron chi connectivity index (χ1n) is 0.814. The molecule has 5 heavy (non-hydrogen) atoms. The van der Waals surface area contributed by atoms with Crippen LogP contribution in [-0.4, -0.2) is 3.53 Å². The SMILES string of the molecule is S=C(S)SS. The Balaban J connectivity index is 2.85. The minimum atomic E-state index is 0.563. The fourth-order valence-electron chi connectivity index (χ4n) is 0. The van der Waals surface area contributed by atoms with Crippen LogP contribution in [0, 0.1) is 0 Å². The van der Waals surface area contributed by atoms with Crippen LogP contribution in [0.5, 0.6) is 0 Å². The molecule has 0 saturated carbocycles. The molecule has 0 amide bonds. The van der Waals surface area contributed by atoms with Crippen molar-refractivity contribution in [2.24, 2.45) is 0 Å². The molecule has 0 aliphatic rings. The van der Waals surface area contributed by atoms with Gasteiger partial charge in [-0.3, -0.25) is 0 Å². The van der Waals surface area contributed by atoms with E-state index < -0.39 is 0 Å². The summed E-state index contributed by atoms with van der Waals surface area (Å²) >= 11 is 11.9. The molecule has 0 aliphatic heterocycles. The van der Waals surface area contributed by atoms with Gasteiger partial charge in [-0.15, -0.1) is 24.3 Å². The van der Waals surface area contributed by atoms with E-state index in [9.17, 15) is 0 Å². The molecular formula is CH2S4. The maximum Gasteiger partial charge on any atom is 0.111 e. The van der Waals surface area contributed by atoms with Gasteiger partial charge in [-0.2, -0.15) is 0 Å². The number of thiol groups is 2. The van der Waals surface area contributed by atoms with E-state index in [1.807, 2.05) is 0 Å². The molecule has 0 aromatic heterocycles. The van der Waals surface area contributed by atoms with E-state index in [1.165, 1.54) is 10.8 Å². The lowest BCUT2D eigenvalue weighted by Gasteiger charge is -1.73. The summed E-state index contributed by atoms with van der Waals surface area (Å²) in [6, 6.07) is 0. The molecular weight excluding hydrogens is 140 g/mol. The molecule has 30 valence electrons. The van der Waals surface area contributed by atoms with E-state index in [0.717, 1.165) is 0 Å². The third-order valence-electron chi connectivity index (χ3n) is 0.0781. The molecule has 0 nitrogen and oxygen atoms in total. The summed E-state index contributed by atoms with van der Waals surface area (Å²) in [7, 11) is 1.17. The van der Waals surface area contributed by atoms with Gasteiger partial charge < -0.3 is 0 Å². The lowest BCUT2D eigenvalue weighted by molar-refractivity contribution is 4.23. The molecule has 0 aliphatic carbocycles. The summed E-state index contributed by atoms with van der Waals surface area (Å²) < 4.78 is 0.563. The van der Waals surface area contributed by atoms with Crippen LogP contribution >= 0.6 is 47.3 Å². The van der Waals surface area contributed by atoms with E-state index in [0.29, 0.717) is 3.53 Å². The zero-order valence-electron chi connectivity index (χ0n) is 2.21. The number of rotatable bonds is 0. The molecule has 4 heteroatoms. The Hall–Kier alpha value is 1.14. The standard InChI is InChI=1S/CH2S4/c2-1(3)5-4/h4H,(H,2,3). The van der Waals surface area contributed by atoms with Crippen molar-refractivity contribution in [3.8, 4) is 0 Å². The van der Waals surface area contributed by atoms with Gasteiger partial charge in [0, 0.05) is 0 Å². The molecule has 0 fully saturated rings. The third-order valence-corrected chi connectivity index (χ3v) is 2.11. The highest BCUT2D eigenvalue weighted by Crippen LogP contribution is 2.09. The van der Waals surface area contributed by atoms with Crippen molar-refractivity contribution in [2.45, 2.75) is 0 Å². The minimum Gasteiger partial charge on any atom is -0.124 e. The lowest BCUT2D eigenvalue weighted by atomic mass is 11.9. The molecule has 0 N–H and O–H groups in total. The van der Waals surface area contributed by atoms with Gasteiger partial charge in [0.25, 0.3) is 0 Å². The molecule has 0 rings (SSSR count). The molecule has 0 radical (unpaired) electrons. The van der Waals surface area contributed by atoms with Crippen LogP contribution in [0.15, 0.2) is 0 Å². The largest absolute Gasteiger partial charge is 0.124 e. The highest BCUT2D eigenvalue weighted by Gasteiger charge is 1.74. The maximum absolute atomic E-state index is 4.45. The van der Waals surface area contributed by atoms with E-state index in [-0.39, 0.29) is 0 Å². The Morgan fingerprint density at radius 3 is 2.00 bits per heavy atom. The summed E-state index contributed by atoms with van der Waals surface area (Å²) in [5, 5.41) is 0. The molecule has 0 heterocycles. The Morgan fingerprint density at radius 1 is 1.80 bits per heavy atom. The van der Waals surface area contributed by atoms with Crippen LogP contribution < -0.4 is 0 Å². The summed E-state index contributed by atoms with van der Waals surface area (Å²) in [4.78, 5) is 0. The van der Waals surface area contributed by atoms with Crippen molar-refractivity contribution in [2.75, 3.05) is 0 Å². The average Bonchev–Trinajstić information content (AvgIpc) is 1.38. The van der Waals surface area contributed by atoms with Crippen molar-refractivity contribution in [1.82, 2.24) is 0 Å². The van der Waals surface area contributed by atoms with Gasteiger partial charge >= 0.3 is 0 Å². The zero-order valence-corrected chi connectivity index (χ0v) is 5.63. The number of thiocarbonyl (C=S) groups is 1. The van der Waals surface area contributed by atoms with Crippen molar-refractivity contribution in [3.05, 3.63) is 0 Å². The van der Waals surface area contributed by atoms with Gasteiger partial charge in [0.05, 0.1) is 0 Å². The fraction of sp³-hybridized carbons (Fsp3) is 0. The first-order chi connectivity index (χ1) is 2.27. The third kappa shape index (κ3) is 5.14. The van der Waals surface area contributed by atoms with Crippen LogP contribution in [0.4, 0.5) is 0 Å². The van der Waals surface area contributed by atoms with Crippen molar-refractivity contribution >= 4 is 50.8 Å². The van der Waals surface area contributed by atoms with Crippen LogP contribution in [0.3, 0.4) is 0 Å². The second-order valence-electron chi connectivity index (χ2n) is 0.357. The molecule has 0 unspecified atom stereocenters. The summed E-state index contributed by atoms with van der Waals surface area (Å²) in [6.07, 6.45) is 0. The minimum absolute atomic E-state index is 0.563. The Bertz CT molecular complexity index is 38.9. The summed E-state index contributed by atoms with van der Waals surface area (Å²) in [5.74, 6) is 0. The smallest absolute Gasteiger partial charge is 0.111 e. The van der Waals surface area contributed by atoms with E-state index in [4.69, 9.17) is 0 Å². The molecule has 0 bridgehead atoms. The average molecular weight is 142 g/mol. The van der Waals surface area contributed by atoms with Crippen molar-refractivity contribution < 1.29 is 0 Å². The van der Waals surface area contributed by atoms with Gasteiger partial charge in [-0.1, -0.05) is 12.2 Å². The van der Waals surface area contributed by atoms with E-state index in [2.05, 4.69) is 36.5 Å². The maximum atomic E-state index is 4.45. The number of hydrogen-bond donors (Lipinski definition) is 2. The highest BCUT2D eigenvalue weighted by molar-refractivity contribution is 8.81. The quantitative estimate of drug-likeness (QED) is 0.300. The molecule has 0 atom stereocenters. The lowest BCUT2D eigenvalue weighted by Crippen LogP contribution is -1.54. The summed E-state index contributed by atoms with van der Waals surface area (Å²) in [5.41, 5.74) is 0. The molecule has 0 saturated heterocycles. The monoisotopic (exact) mass is 142 g/mol. The second-order valence-corrected chi connectivity index (χ2v) is 3.21. The first kappa shape index (κ1) is 6.14. The van der Waals surface area contributed by atoms with Crippen LogP contribution in [0.25, 0.3) is 0 Å². The first-order valence-corrected chi connectivity index (χ1v) is 3.54. The van der Waals surface area contributed by atoms with Gasteiger partial charge in [0.15, 0.2) is 0 Å².